The minimum absolute atomic E-state index is 0.176. The smallest absolute Gasteiger partial charge is 0.270 e. The van der Waals surface area contributed by atoms with Gasteiger partial charge < -0.3 is 14.8 Å². The molecule has 3 aromatic carbocycles. The zero-order valence-electron chi connectivity index (χ0n) is 21.5. The van der Waals surface area contributed by atoms with Gasteiger partial charge in [0.15, 0.2) is 22.4 Å². The maximum atomic E-state index is 13.2. The van der Waals surface area contributed by atoms with E-state index < -0.39 is 0 Å². The van der Waals surface area contributed by atoms with Crippen molar-refractivity contribution in [3.63, 3.8) is 0 Å². The zero-order valence-corrected chi connectivity index (χ0v) is 23.9. The lowest BCUT2D eigenvalue weighted by Gasteiger charge is -2.15. The van der Waals surface area contributed by atoms with Crippen molar-refractivity contribution in [3.8, 4) is 11.5 Å². The number of hydrogen-bond acceptors (Lipinski definition) is 6. The Kier molecular flexibility index (Phi) is 8.76. The molecule has 0 aliphatic carbocycles. The summed E-state index contributed by atoms with van der Waals surface area (Å²) in [7, 11) is 0. The quantitative estimate of drug-likeness (QED) is 0.232. The Morgan fingerprint density at radius 1 is 1.00 bits per heavy atom. The van der Waals surface area contributed by atoms with Gasteiger partial charge in [0.2, 0.25) is 0 Å². The highest BCUT2D eigenvalue weighted by Gasteiger charge is 2.33. The lowest BCUT2D eigenvalue weighted by atomic mass is 10.1. The number of nitrogens with zero attached hydrogens (tertiary/aromatic N) is 1. The zero-order chi connectivity index (χ0) is 27.4. The Balaban J connectivity index is 1.48. The largest absolute Gasteiger partial charge is 0.490 e. The molecular formula is C29H27ClN2O4S2. The van der Waals surface area contributed by atoms with Gasteiger partial charge in [0.05, 0.1) is 17.2 Å². The second-order valence-electron chi connectivity index (χ2n) is 8.73. The lowest BCUT2D eigenvalue weighted by Crippen LogP contribution is -2.27. The van der Waals surface area contributed by atoms with Crippen LogP contribution in [0, 0.1) is 20.8 Å². The van der Waals surface area contributed by atoms with Gasteiger partial charge in [0.25, 0.3) is 11.8 Å². The second-order valence-corrected chi connectivity index (χ2v) is 10.8. The summed E-state index contributed by atoms with van der Waals surface area (Å²) < 4.78 is 12.0. The van der Waals surface area contributed by atoms with E-state index in [1.807, 2.05) is 58.0 Å². The lowest BCUT2D eigenvalue weighted by molar-refractivity contribution is -0.118. The molecule has 38 heavy (non-hydrogen) atoms. The molecule has 0 radical (unpaired) electrons. The molecule has 1 fully saturated rings. The van der Waals surface area contributed by atoms with Gasteiger partial charge in [0.1, 0.15) is 0 Å². The van der Waals surface area contributed by atoms with Crippen LogP contribution in [0.1, 0.15) is 29.2 Å². The highest BCUT2D eigenvalue weighted by molar-refractivity contribution is 8.27. The molecule has 1 saturated heterocycles. The number of amides is 2. The van der Waals surface area contributed by atoms with Crippen molar-refractivity contribution >= 4 is 69.2 Å². The fourth-order valence-electron chi connectivity index (χ4n) is 3.72. The van der Waals surface area contributed by atoms with Crippen molar-refractivity contribution in [2.24, 2.45) is 0 Å². The van der Waals surface area contributed by atoms with Crippen LogP contribution in [-0.2, 0) is 9.59 Å². The number of halogens is 1. The van der Waals surface area contributed by atoms with Gasteiger partial charge in [-0.1, -0.05) is 53.8 Å². The van der Waals surface area contributed by atoms with Crippen LogP contribution >= 0.6 is 35.6 Å². The number of rotatable bonds is 8. The van der Waals surface area contributed by atoms with E-state index in [0.29, 0.717) is 43.7 Å². The number of hydrogen-bond donors (Lipinski definition) is 1. The van der Waals surface area contributed by atoms with Gasteiger partial charge in [-0.15, -0.1) is 0 Å². The van der Waals surface area contributed by atoms with E-state index in [2.05, 4.69) is 5.32 Å². The average Bonchev–Trinajstić information content (AvgIpc) is 3.15. The average molecular weight is 567 g/mol. The van der Waals surface area contributed by atoms with Crippen LogP contribution in [0.4, 0.5) is 11.4 Å². The van der Waals surface area contributed by atoms with Crippen LogP contribution in [0.15, 0.2) is 59.5 Å². The summed E-state index contributed by atoms with van der Waals surface area (Å²) in [4.78, 5) is 27.6. The van der Waals surface area contributed by atoms with E-state index in [0.717, 1.165) is 22.3 Å². The number of carbonyl (C=O) groups is 2. The van der Waals surface area contributed by atoms with Crippen molar-refractivity contribution in [2.75, 3.05) is 23.4 Å². The number of anilines is 2. The molecule has 6 nitrogen and oxygen atoms in total. The van der Waals surface area contributed by atoms with Crippen LogP contribution in [0.2, 0.25) is 5.02 Å². The van der Waals surface area contributed by atoms with E-state index >= 15 is 0 Å². The number of aryl methyl sites for hydroxylation is 3. The van der Waals surface area contributed by atoms with Crippen molar-refractivity contribution in [2.45, 2.75) is 27.7 Å². The van der Waals surface area contributed by atoms with E-state index in [-0.39, 0.29) is 18.4 Å². The summed E-state index contributed by atoms with van der Waals surface area (Å²) in [6.07, 6.45) is 1.76. The van der Waals surface area contributed by atoms with E-state index in [4.69, 9.17) is 33.3 Å². The fourth-order valence-corrected chi connectivity index (χ4v) is 5.20. The van der Waals surface area contributed by atoms with Gasteiger partial charge in [-0.2, -0.15) is 0 Å². The minimum atomic E-state index is -0.278. The molecule has 0 unspecified atom stereocenters. The molecular weight excluding hydrogens is 540 g/mol. The van der Waals surface area contributed by atoms with Gasteiger partial charge in [-0.3, -0.25) is 14.5 Å². The number of thiocarbonyl (C=S) groups is 1. The molecule has 9 heteroatoms. The Morgan fingerprint density at radius 2 is 1.76 bits per heavy atom. The Morgan fingerprint density at radius 3 is 2.47 bits per heavy atom. The maximum absolute atomic E-state index is 13.2. The molecule has 1 aliphatic heterocycles. The fraction of sp³-hybridized carbons (Fsp3) is 0.207. The van der Waals surface area contributed by atoms with E-state index in [1.165, 1.54) is 16.7 Å². The highest BCUT2D eigenvalue weighted by Crippen LogP contribution is 2.38. The molecule has 196 valence electrons. The minimum Gasteiger partial charge on any atom is -0.490 e. The van der Waals surface area contributed by atoms with Crippen LogP contribution in [-0.4, -0.2) is 29.3 Å². The molecule has 0 spiro atoms. The summed E-state index contributed by atoms with van der Waals surface area (Å²) in [6, 6.07) is 16.5. The van der Waals surface area contributed by atoms with Crippen molar-refractivity contribution in [1.29, 1.82) is 0 Å². The van der Waals surface area contributed by atoms with Crippen molar-refractivity contribution < 1.29 is 19.1 Å². The summed E-state index contributed by atoms with van der Waals surface area (Å²) in [5.74, 6) is 0.406. The molecule has 3 aromatic rings. The van der Waals surface area contributed by atoms with Crippen LogP contribution in [0.3, 0.4) is 0 Å². The SMILES string of the molecule is CCOc1cc(/C=C2\SC(=S)N(c3ccc(C)c(Cl)c3)C2=O)ccc1OCC(=O)Nc1ccc(C)c(C)c1. The van der Waals surface area contributed by atoms with Crippen LogP contribution in [0.5, 0.6) is 11.5 Å². The molecule has 1 heterocycles. The highest BCUT2D eigenvalue weighted by atomic mass is 35.5. The molecule has 2 amide bonds. The molecule has 1 N–H and O–H groups in total. The molecule has 0 atom stereocenters. The van der Waals surface area contributed by atoms with Gasteiger partial charge in [-0.25, -0.2) is 0 Å². The number of nitrogens with one attached hydrogen (secondary N) is 1. The molecule has 0 bridgehead atoms. The summed E-state index contributed by atoms with van der Waals surface area (Å²) >= 11 is 13.0. The summed E-state index contributed by atoms with van der Waals surface area (Å²) in [5, 5.41) is 3.41. The van der Waals surface area contributed by atoms with Gasteiger partial charge in [-0.05, 0) is 92.4 Å². The summed E-state index contributed by atoms with van der Waals surface area (Å²) in [6.45, 7) is 8.00. The number of thioether (sulfide) groups is 1. The number of benzene rings is 3. The third kappa shape index (κ3) is 6.38. The first-order chi connectivity index (χ1) is 18.2. The second kappa shape index (κ2) is 12.0. The number of ether oxygens (including phenoxy) is 2. The molecule has 0 aromatic heterocycles. The topological polar surface area (TPSA) is 67.9 Å². The third-order valence-electron chi connectivity index (χ3n) is 5.92. The van der Waals surface area contributed by atoms with Crippen molar-refractivity contribution in [3.05, 3.63) is 86.8 Å². The first kappa shape index (κ1) is 27.7. The summed E-state index contributed by atoms with van der Waals surface area (Å²) in [5.41, 5.74) is 5.25. The first-order valence-corrected chi connectivity index (χ1v) is 13.6. The van der Waals surface area contributed by atoms with E-state index in [1.54, 1.807) is 30.3 Å². The standard InChI is InChI=1S/C29H27ClN2O4S2/c1-5-35-25-13-20(8-11-24(25)36-16-27(33)31-21-9-6-17(2)19(4)12-21)14-26-28(34)32(29(37)38-26)22-10-7-18(3)23(30)15-22/h6-15H,5,16H2,1-4H3,(H,31,33)/b26-14-. The normalized spacial score (nSPS) is 14.2. The third-order valence-corrected chi connectivity index (χ3v) is 7.63. The molecule has 1 aliphatic rings. The first-order valence-electron chi connectivity index (χ1n) is 12.0. The maximum Gasteiger partial charge on any atom is 0.270 e. The van der Waals surface area contributed by atoms with Crippen LogP contribution < -0.4 is 19.7 Å². The predicted octanol–water partition coefficient (Wildman–Crippen LogP) is 7.09. The Bertz CT molecular complexity index is 1450. The van der Waals surface area contributed by atoms with E-state index in [9.17, 15) is 9.59 Å². The Labute approximate surface area is 237 Å². The monoisotopic (exact) mass is 566 g/mol. The van der Waals surface area contributed by atoms with Crippen molar-refractivity contribution in [1.82, 2.24) is 0 Å². The molecule has 4 rings (SSSR count). The van der Waals surface area contributed by atoms with Crippen LogP contribution in [0.25, 0.3) is 6.08 Å². The van der Waals surface area contributed by atoms with Gasteiger partial charge in [0, 0.05) is 10.7 Å². The Hall–Kier alpha value is -3.33. The van der Waals surface area contributed by atoms with Gasteiger partial charge >= 0.3 is 0 Å². The predicted molar refractivity (Wildman–Crippen MR) is 159 cm³/mol. The molecule has 0 saturated carbocycles. The number of carbonyl (C=O) groups excluding carboxylic acids is 2.